The van der Waals surface area contributed by atoms with Gasteiger partial charge in [0.1, 0.15) is 6.54 Å². The second-order valence-electron chi connectivity index (χ2n) is 10.4. The van der Waals surface area contributed by atoms with Gasteiger partial charge in [-0.1, -0.05) is 78.1 Å². The van der Waals surface area contributed by atoms with Crippen LogP contribution in [0.2, 0.25) is 0 Å². The van der Waals surface area contributed by atoms with Crippen LogP contribution in [0.3, 0.4) is 0 Å². The molecule has 3 nitrogen and oxygen atoms in total. The average molecular weight is 431 g/mol. The number of nitrogens with zero attached hydrogens (tertiary/aromatic N) is 2. The third-order valence-electron chi connectivity index (χ3n) is 6.58. The van der Waals surface area contributed by atoms with Gasteiger partial charge in [-0.05, 0) is 39.5 Å². The predicted octanol–water partition coefficient (Wildman–Crippen LogP) is 7.03. The highest BCUT2D eigenvalue weighted by Crippen LogP contribution is 2.12. The Labute approximate surface area is 192 Å². The van der Waals surface area contributed by atoms with E-state index >= 15 is 0 Å². The Balaban J connectivity index is 0. The van der Waals surface area contributed by atoms with Gasteiger partial charge in [-0.25, -0.2) is 0 Å². The SMILES string of the molecule is CCCCCCCCCC[N+](C)(C)C.CCCCCCCC[N+](CC)(CC)CCO. The molecule has 0 radical (unpaired) electrons. The maximum absolute atomic E-state index is 9.12. The van der Waals surface area contributed by atoms with E-state index in [-0.39, 0.29) is 0 Å². The minimum absolute atomic E-state index is 0.331. The molecule has 30 heavy (non-hydrogen) atoms. The molecule has 184 valence electrons. The summed E-state index contributed by atoms with van der Waals surface area (Å²) in [5.41, 5.74) is 0. The lowest BCUT2D eigenvalue weighted by Crippen LogP contribution is -2.50. The van der Waals surface area contributed by atoms with E-state index in [4.69, 9.17) is 5.11 Å². The van der Waals surface area contributed by atoms with Crippen LogP contribution in [0.25, 0.3) is 0 Å². The average Bonchev–Trinajstić information content (AvgIpc) is 2.71. The third kappa shape index (κ3) is 22.6. The summed E-state index contributed by atoms with van der Waals surface area (Å²) in [7, 11) is 6.84. The summed E-state index contributed by atoms with van der Waals surface area (Å²) in [5, 5.41) is 9.12. The van der Waals surface area contributed by atoms with E-state index in [0.29, 0.717) is 6.61 Å². The number of likely N-dealkylation sites (N-methyl/N-ethyl adjacent to an activating group) is 1. The minimum Gasteiger partial charge on any atom is -0.391 e. The van der Waals surface area contributed by atoms with Crippen molar-refractivity contribution in [3.05, 3.63) is 0 Å². The van der Waals surface area contributed by atoms with Crippen LogP contribution in [0.15, 0.2) is 0 Å². The summed E-state index contributed by atoms with van der Waals surface area (Å²) in [6.45, 7) is 15.2. The van der Waals surface area contributed by atoms with Gasteiger partial charge in [0.2, 0.25) is 0 Å². The Morgan fingerprint density at radius 3 is 1.17 bits per heavy atom. The summed E-state index contributed by atoms with van der Waals surface area (Å²) < 4.78 is 2.22. The van der Waals surface area contributed by atoms with Gasteiger partial charge in [-0.2, -0.15) is 0 Å². The van der Waals surface area contributed by atoms with Gasteiger partial charge in [0, 0.05) is 0 Å². The van der Waals surface area contributed by atoms with E-state index in [9.17, 15) is 0 Å². The maximum Gasteiger partial charge on any atom is 0.102 e. The van der Waals surface area contributed by atoms with E-state index in [2.05, 4.69) is 48.8 Å². The van der Waals surface area contributed by atoms with Crippen LogP contribution >= 0.6 is 0 Å². The van der Waals surface area contributed by atoms with Crippen molar-refractivity contribution >= 4 is 0 Å². The fourth-order valence-electron chi connectivity index (χ4n) is 4.13. The van der Waals surface area contributed by atoms with Crippen molar-refractivity contribution in [1.82, 2.24) is 0 Å². The van der Waals surface area contributed by atoms with Crippen LogP contribution in [-0.2, 0) is 0 Å². The molecule has 0 heterocycles. The second-order valence-corrected chi connectivity index (χ2v) is 10.4. The Kier molecular flexibility index (Phi) is 23.6. The van der Waals surface area contributed by atoms with Crippen molar-refractivity contribution in [3.8, 4) is 0 Å². The minimum atomic E-state index is 0.331. The second kappa shape index (κ2) is 22.1. The van der Waals surface area contributed by atoms with Gasteiger partial charge in [0.05, 0.1) is 53.9 Å². The topological polar surface area (TPSA) is 20.2 Å². The number of quaternary nitrogens is 2. The van der Waals surface area contributed by atoms with E-state index in [0.717, 1.165) is 28.6 Å². The lowest BCUT2D eigenvalue weighted by Gasteiger charge is -2.36. The molecule has 0 atom stereocenters. The molecular weight excluding hydrogens is 368 g/mol. The number of hydrogen-bond acceptors (Lipinski definition) is 1. The van der Waals surface area contributed by atoms with Crippen molar-refractivity contribution in [3.63, 3.8) is 0 Å². The molecular formula is C27H62N2O+2. The first-order valence-corrected chi connectivity index (χ1v) is 13.6. The number of hydrogen-bond donors (Lipinski definition) is 1. The van der Waals surface area contributed by atoms with Gasteiger partial charge in [0.15, 0.2) is 0 Å². The van der Waals surface area contributed by atoms with E-state index in [1.54, 1.807) is 0 Å². The first kappa shape index (κ1) is 32.1. The molecule has 0 aliphatic rings. The largest absolute Gasteiger partial charge is 0.391 e. The van der Waals surface area contributed by atoms with E-state index in [1.807, 2.05) is 0 Å². The van der Waals surface area contributed by atoms with Crippen molar-refractivity contribution in [1.29, 1.82) is 0 Å². The highest BCUT2D eigenvalue weighted by Gasteiger charge is 2.21. The molecule has 0 saturated carbocycles. The van der Waals surface area contributed by atoms with Crippen LogP contribution in [0.5, 0.6) is 0 Å². The highest BCUT2D eigenvalue weighted by atomic mass is 16.3. The van der Waals surface area contributed by atoms with Crippen LogP contribution in [0.1, 0.15) is 118 Å². The molecule has 0 aliphatic carbocycles. The van der Waals surface area contributed by atoms with Gasteiger partial charge >= 0.3 is 0 Å². The molecule has 0 aromatic carbocycles. The van der Waals surface area contributed by atoms with Crippen LogP contribution < -0.4 is 0 Å². The van der Waals surface area contributed by atoms with Crippen molar-refractivity contribution < 1.29 is 14.1 Å². The lowest BCUT2D eigenvalue weighted by molar-refractivity contribution is -0.925. The summed E-state index contributed by atoms with van der Waals surface area (Å²) >= 11 is 0. The molecule has 1 N–H and O–H groups in total. The smallest absolute Gasteiger partial charge is 0.102 e. The summed E-state index contributed by atoms with van der Waals surface area (Å²) in [4.78, 5) is 0. The van der Waals surface area contributed by atoms with Crippen LogP contribution in [-0.4, -0.2) is 74.5 Å². The molecule has 0 spiro atoms. The number of rotatable bonds is 20. The fraction of sp³-hybridized carbons (Fsp3) is 1.00. The number of aliphatic hydroxyl groups is 1. The molecule has 0 bridgehead atoms. The standard InChI is InChI=1S/C14H32NO.C13H30N/c1-4-7-8-9-10-11-12-15(5-2,6-3)13-14-16;1-5-6-7-8-9-10-11-12-13-14(2,3)4/h16H,4-14H2,1-3H3;5-13H2,1-4H3/q2*+1. The molecule has 0 rings (SSSR count). The molecule has 3 heteroatoms. The van der Waals surface area contributed by atoms with Crippen LogP contribution in [0.4, 0.5) is 0 Å². The number of unbranched alkanes of at least 4 members (excludes halogenated alkanes) is 12. The van der Waals surface area contributed by atoms with Gasteiger partial charge in [-0.15, -0.1) is 0 Å². The fourth-order valence-corrected chi connectivity index (χ4v) is 4.13. The highest BCUT2D eigenvalue weighted by molar-refractivity contribution is 4.47. The summed E-state index contributed by atoms with van der Waals surface area (Å²) in [6.07, 6.45) is 19.6. The van der Waals surface area contributed by atoms with Crippen molar-refractivity contribution in [2.45, 2.75) is 118 Å². The van der Waals surface area contributed by atoms with Gasteiger partial charge in [-0.3, -0.25) is 0 Å². The number of aliphatic hydroxyl groups excluding tert-OH is 1. The van der Waals surface area contributed by atoms with Crippen molar-refractivity contribution in [2.24, 2.45) is 0 Å². The Bertz CT molecular complexity index is 321. The first-order valence-electron chi connectivity index (χ1n) is 13.6. The van der Waals surface area contributed by atoms with Gasteiger partial charge in [0.25, 0.3) is 0 Å². The third-order valence-corrected chi connectivity index (χ3v) is 6.58. The Morgan fingerprint density at radius 2 is 0.833 bits per heavy atom. The molecule has 0 unspecified atom stereocenters. The summed E-state index contributed by atoms with van der Waals surface area (Å²) in [5.74, 6) is 0. The normalized spacial score (nSPS) is 12.0. The maximum atomic E-state index is 9.12. The molecule has 0 aromatic rings. The van der Waals surface area contributed by atoms with E-state index in [1.165, 1.54) is 103 Å². The zero-order valence-electron chi connectivity index (χ0n) is 22.5. The Hall–Kier alpha value is -0.120. The lowest BCUT2D eigenvalue weighted by atomic mass is 10.1. The first-order chi connectivity index (χ1) is 14.3. The molecule has 0 aliphatic heterocycles. The molecule has 0 fully saturated rings. The van der Waals surface area contributed by atoms with Crippen LogP contribution in [0, 0.1) is 0 Å². The van der Waals surface area contributed by atoms with Crippen molar-refractivity contribution in [2.75, 3.05) is 60.5 Å². The monoisotopic (exact) mass is 430 g/mol. The van der Waals surface area contributed by atoms with Gasteiger partial charge < -0.3 is 14.1 Å². The summed E-state index contributed by atoms with van der Waals surface area (Å²) in [6, 6.07) is 0. The Morgan fingerprint density at radius 1 is 0.467 bits per heavy atom. The zero-order chi connectivity index (χ0) is 23.1. The molecule has 0 amide bonds. The predicted molar refractivity (Wildman–Crippen MR) is 137 cm³/mol. The van der Waals surface area contributed by atoms with E-state index < -0.39 is 0 Å². The molecule has 0 saturated heterocycles. The molecule has 0 aromatic heterocycles. The quantitative estimate of drug-likeness (QED) is 0.162. The zero-order valence-corrected chi connectivity index (χ0v) is 22.5.